The van der Waals surface area contributed by atoms with Crippen molar-refractivity contribution in [3.63, 3.8) is 0 Å². The minimum absolute atomic E-state index is 0.0222. The molecule has 0 unspecified atom stereocenters. The average Bonchev–Trinajstić information content (AvgIpc) is 2.57. The summed E-state index contributed by atoms with van der Waals surface area (Å²) in [6, 6.07) is 4.99. The molecule has 0 radical (unpaired) electrons. The number of nitrogens with zero attached hydrogens (tertiary/aromatic N) is 4. The minimum atomic E-state index is -1.78. The van der Waals surface area contributed by atoms with Gasteiger partial charge in [-0.1, -0.05) is 71.9 Å². The Bertz CT molecular complexity index is 726. The molecule has 0 amide bonds. The fourth-order valence-electron chi connectivity index (χ4n) is 2.26. The van der Waals surface area contributed by atoms with Crippen molar-refractivity contribution in [2.24, 2.45) is 0 Å². The van der Waals surface area contributed by atoms with Crippen LogP contribution in [0.2, 0.25) is 10.0 Å². The van der Waals surface area contributed by atoms with Gasteiger partial charge in [0, 0.05) is 28.7 Å². The number of nitrogens with one attached hydrogen (secondary N) is 1. The van der Waals surface area contributed by atoms with Gasteiger partial charge in [-0.15, -0.1) is 0 Å². The van der Waals surface area contributed by atoms with Crippen molar-refractivity contribution in [2.75, 3.05) is 31.5 Å². The highest BCUT2D eigenvalue weighted by molar-refractivity contribution is 6.66. The summed E-state index contributed by atoms with van der Waals surface area (Å²) in [4.78, 5) is 15.1. The number of likely N-dealkylation sites (N-methyl/N-ethyl adjacent to an activating group) is 1. The fraction of sp³-hybridized carbons (Fsp3) is 0.438. The van der Waals surface area contributed by atoms with Crippen LogP contribution in [0, 0.1) is 0 Å². The van der Waals surface area contributed by atoms with E-state index in [2.05, 4.69) is 39.0 Å². The van der Waals surface area contributed by atoms with Crippen LogP contribution in [0.1, 0.15) is 19.7 Å². The quantitative estimate of drug-likeness (QED) is 0.562. The van der Waals surface area contributed by atoms with Gasteiger partial charge in [-0.2, -0.15) is 9.97 Å². The molecule has 142 valence electrons. The summed E-state index contributed by atoms with van der Waals surface area (Å²) in [6.07, 6.45) is 0. The van der Waals surface area contributed by atoms with Gasteiger partial charge in [-0.05, 0) is 31.3 Å². The van der Waals surface area contributed by atoms with E-state index in [1.54, 1.807) is 18.2 Å². The number of hydrogen-bond donors (Lipinski definition) is 1. The molecular weight excluding hydrogens is 439 g/mol. The molecule has 0 spiro atoms. The smallest absolute Gasteiger partial charge is 0.250 e. The predicted molar refractivity (Wildman–Crippen MR) is 111 cm³/mol. The number of hydrogen-bond acceptors (Lipinski definition) is 5. The molecule has 0 atom stereocenters. The summed E-state index contributed by atoms with van der Waals surface area (Å²) in [5, 5.41) is 4.07. The molecule has 26 heavy (non-hydrogen) atoms. The molecule has 0 saturated heterocycles. The Morgan fingerprint density at radius 1 is 0.962 bits per heavy atom. The van der Waals surface area contributed by atoms with Crippen LogP contribution < -0.4 is 5.32 Å². The molecule has 1 heterocycles. The highest BCUT2D eigenvalue weighted by Crippen LogP contribution is 2.37. The first-order valence-corrected chi connectivity index (χ1v) is 9.87. The van der Waals surface area contributed by atoms with Crippen LogP contribution in [0.5, 0.6) is 0 Å². The molecule has 10 heteroatoms. The summed E-state index contributed by atoms with van der Waals surface area (Å²) in [6.45, 7) is 7.60. The van der Waals surface area contributed by atoms with Crippen LogP contribution in [0.4, 0.5) is 5.95 Å². The lowest BCUT2D eigenvalue weighted by molar-refractivity contribution is 0.316. The second-order valence-electron chi connectivity index (χ2n) is 5.42. The Hall–Kier alpha value is -0.560. The summed E-state index contributed by atoms with van der Waals surface area (Å²) in [5.74, 6) is 0.657. The van der Waals surface area contributed by atoms with Gasteiger partial charge in [-0.3, -0.25) is 0 Å². The Morgan fingerprint density at radius 2 is 1.58 bits per heavy atom. The van der Waals surface area contributed by atoms with E-state index in [1.807, 2.05) is 0 Å². The summed E-state index contributed by atoms with van der Waals surface area (Å²) in [7, 11) is 0. The first kappa shape index (κ1) is 21.7. The fourth-order valence-corrected chi connectivity index (χ4v) is 3.04. The molecule has 0 aliphatic rings. The summed E-state index contributed by atoms with van der Waals surface area (Å²) in [5.41, 5.74) is 0.604. The van der Waals surface area contributed by atoms with Gasteiger partial charge in [0.15, 0.2) is 11.6 Å². The number of aromatic nitrogens is 3. The van der Waals surface area contributed by atoms with E-state index in [9.17, 15) is 0 Å². The second-order valence-corrected chi connectivity index (χ2v) is 8.57. The standard InChI is InChI=1S/C16H18Cl5N5/c1-3-26(4-2)6-5-22-15-24-13(23-14(25-15)16(19,20)21)10-7-11(17)9-12(18)8-10/h7-9H,3-6H2,1-2H3,(H,22,23,24,25). The topological polar surface area (TPSA) is 53.9 Å². The number of halogens is 5. The zero-order valence-electron chi connectivity index (χ0n) is 14.2. The number of alkyl halides is 3. The van der Waals surface area contributed by atoms with Crippen LogP contribution in [0.15, 0.2) is 18.2 Å². The lowest BCUT2D eigenvalue weighted by Gasteiger charge is -2.18. The average molecular weight is 458 g/mol. The van der Waals surface area contributed by atoms with Crippen molar-refractivity contribution >= 4 is 64.0 Å². The minimum Gasteiger partial charge on any atom is -0.353 e. The van der Waals surface area contributed by atoms with Crippen molar-refractivity contribution < 1.29 is 0 Å². The molecule has 1 aromatic carbocycles. The van der Waals surface area contributed by atoms with Gasteiger partial charge >= 0.3 is 0 Å². The maximum Gasteiger partial charge on any atom is 0.250 e. The van der Waals surface area contributed by atoms with Crippen LogP contribution >= 0.6 is 58.0 Å². The zero-order valence-corrected chi connectivity index (χ0v) is 18.0. The third kappa shape index (κ3) is 6.25. The van der Waals surface area contributed by atoms with Gasteiger partial charge in [0.05, 0.1) is 0 Å². The van der Waals surface area contributed by atoms with Gasteiger partial charge in [0.1, 0.15) is 0 Å². The number of benzene rings is 1. The normalized spacial score (nSPS) is 11.8. The first-order valence-electron chi connectivity index (χ1n) is 7.99. The van der Waals surface area contributed by atoms with Crippen molar-refractivity contribution in [1.29, 1.82) is 0 Å². The molecule has 1 N–H and O–H groups in total. The van der Waals surface area contributed by atoms with E-state index in [1.165, 1.54) is 0 Å². The highest BCUT2D eigenvalue weighted by atomic mass is 35.6. The van der Waals surface area contributed by atoms with Crippen LogP contribution in [0.25, 0.3) is 11.4 Å². The van der Waals surface area contributed by atoms with Crippen molar-refractivity contribution in [3.8, 4) is 11.4 Å². The largest absolute Gasteiger partial charge is 0.353 e. The van der Waals surface area contributed by atoms with Crippen LogP contribution in [-0.4, -0.2) is 46.0 Å². The third-order valence-corrected chi connectivity index (χ3v) is 4.56. The Balaban J connectivity index is 2.33. The second kappa shape index (κ2) is 9.58. The molecule has 0 aliphatic heterocycles. The van der Waals surface area contributed by atoms with Crippen LogP contribution in [0.3, 0.4) is 0 Å². The van der Waals surface area contributed by atoms with Gasteiger partial charge in [0.2, 0.25) is 9.74 Å². The Kier molecular flexibility index (Phi) is 8.01. The SMILES string of the molecule is CCN(CC)CCNc1nc(-c2cc(Cl)cc(Cl)c2)nc(C(Cl)(Cl)Cl)n1. The van der Waals surface area contributed by atoms with Crippen molar-refractivity contribution in [1.82, 2.24) is 19.9 Å². The van der Waals surface area contributed by atoms with E-state index in [0.29, 0.717) is 33.9 Å². The predicted octanol–water partition coefficient (Wildman–Crippen LogP) is 5.43. The number of rotatable bonds is 7. The van der Waals surface area contributed by atoms with Gasteiger partial charge in [-0.25, -0.2) is 4.98 Å². The van der Waals surface area contributed by atoms with E-state index in [-0.39, 0.29) is 5.82 Å². The lowest BCUT2D eigenvalue weighted by atomic mass is 10.2. The molecule has 0 aliphatic carbocycles. The number of anilines is 1. The van der Waals surface area contributed by atoms with E-state index in [0.717, 1.165) is 19.6 Å². The maximum atomic E-state index is 6.06. The Morgan fingerprint density at radius 3 is 2.12 bits per heavy atom. The van der Waals surface area contributed by atoms with Crippen molar-refractivity contribution in [3.05, 3.63) is 34.1 Å². The molecule has 0 saturated carbocycles. The molecule has 0 fully saturated rings. The van der Waals surface area contributed by atoms with Crippen molar-refractivity contribution in [2.45, 2.75) is 17.6 Å². The molecule has 1 aromatic heterocycles. The molecular formula is C16H18Cl5N5. The first-order chi connectivity index (χ1) is 12.2. The maximum absolute atomic E-state index is 6.06. The monoisotopic (exact) mass is 455 g/mol. The highest BCUT2D eigenvalue weighted by Gasteiger charge is 2.28. The lowest BCUT2D eigenvalue weighted by Crippen LogP contribution is -2.29. The Labute approximate surface area is 178 Å². The molecule has 2 rings (SSSR count). The third-order valence-electron chi connectivity index (χ3n) is 3.62. The van der Waals surface area contributed by atoms with Gasteiger partial charge < -0.3 is 10.2 Å². The van der Waals surface area contributed by atoms with E-state index >= 15 is 0 Å². The van der Waals surface area contributed by atoms with E-state index < -0.39 is 3.79 Å². The van der Waals surface area contributed by atoms with E-state index in [4.69, 9.17) is 58.0 Å². The molecule has 2 aromatic rings. The summed E-state index contributed by atoms with van der Waals surface area (Å²) >= 11 is 30.0. The zero-order chi connectivity index (χ0) is 19.3. The summed E-state index contributed by atoms with van der Waals surface area (Å²) < 4.78 is -1.78. The van der Waals surface area contributed by atoms with Gasteiger partial charge in [0.25, 0.3) is 0 Å². The molecule has 5 nitrogen and oxygen atoms in total. The van der Waals surface area contributed by atoms with Crippen LogP contribution in [-0.2, 0) is 3.79 Å². The molecule has 0 bridgehead atoms.